The van der Waals surface area contributed by atoms with Gasteiger partial charge in [-0.3, -0.25) is 29.6 Å². The van der Waals surface area contributed by atoms with Gasteiger partial charge in [0.15, 0.2) is 0 Å². The van der Waals surface area contributed by atoms with Crippen LogP contribution in [0.25, 0.3) is 34.2 Å². The normalized spacial score (nSPS) is 20.5. The molecule has 0 N–H and O–H groups in total. The summed E-state index contributed by atoms with van der Waals surface area (Å²) >= 11 is 0. The largest absolute Gasteiger partial charge is 0.290 e. The van der Waals surface area contributed by atoms with Gasteiger partial charge in [-0.1, -0.05) is 0 Å². The number of rotatable bonds is 7. The third-order valence-electron chi connectivity index (χ3n) is 8.97. The summed E-state index contributed by atoms with van der Waals surface area (Å²) in [6.07, 6.45) is 4.60. The van der Waals surface area contributed by atoms with E-state index in [1.807, 2.05) is 18.5 Å². The predicted molar refractivity (Wildman–Crippen MR) is 168 cm³/mol. The lowest BCUT2D eigenvalue weighted by molar-refractivity contribution is 0.170. The maximum atomic E-state index is 5.14. The molecule has 0 amide bonds. The van der Waals surface area contributed by atoms with Gasteiger partial charge in [-0.2, -0.15) is 0 Å². The Kier molecular flexibility index (Phi) is 8.14. The Balaban J connectivity index is 1.36. The van der Waals surface area contributed by atoms with Crippen molar-refractivity contribution in [2.45, 2.75) is 53.1 Å². The highest BCUT2D eigenvalue weighted by Crippen LogP contribution is 2.28. The van der Waals surface area contributed by atoms with Crippen LogP contribution in [0.2, 0.25) is 0 Å². The highest BCUT2D eigenvalue weighted by molar-refractivity contribution is 5.67. The fourth-order valence-electron chi connectivity index (χ4n) is 6.03. The molecule has 2 saturated heterocycles. The summed E-state index contributed by atoms with van der Waals surface area (Å²) in [6, 6.07) is 17.1. The van der Waals surface area contributed by atoms with Crippen LogP contribution in [0, 0.1) is 13.8 Å². The molecule has 0 saturated carbocycles. The van der Waals surface area contributed by atoms with Crippen LogP contribution < -0.4 is 0 Å². The Hall–Kier alpha value is -3.56. The Morgan fingerprint density at radius 1 is 0.571 bits per heavy atom. The maximum absolute atomic E-state index is 5.14. The van der Waals surface area contributed by atoms with Crippen molar-refractivity contribution >= 4 is 0 Å². The third-order valence-corrected chi connectivity index (χ3v) is 8.97. The molecule has 6 heterocycles. The molecular weight excluding hydrogens is 520 g/mol. The zero-order valence-electron chi connectivity index (χ0n) is 25.7. The van der Waals surface area contributed by atoms with Crippen LogP contribution in [0.5, 0.6) is 0 Å². The first-order valence-electron chi connectivity index (χ1n) is 15.0. The van der Waals surface area contributed by atoms with E-state index in [4.69, 9.17) is 15.0 Å². The Bertz CT molecular complexity index is 1570. The average Bonchev–Trinajstić information content (AvgIpc) is 3.47. The SMILES string of the molecule is Cc1ccnc(-c2cc(CN3CCN(C)C3C)cc(-c3cc(C)cc(-c4cc(CN5CCN(C)C5C)ccn4)n3)n2)c1. The first-order chi connectivity index (χ1) is 20.2. The fourth-order valence-corrected chi connectivity index (χ4v) is 6.03. The molecule has 2 fully saturated rings. The van der Waals surface area contributed by atoms with E-state index in [1.165, 1.54) is 16.7 Å². The lowest BCUT2D eigenvalue weighted by Gasteiger charge is -2.24. The molecule has 0 aliphatic carbocycles. The van der Waals surface area contributed by atoms with E-state index in [0.717, 1.165) is 79.0 Å². The van der Waals surface area contributed by atoms with Gasteiger partial charge < -0.3 is 0 Å². The molecule has 0 spiro atoms. The topological polar surface area (TPSA) is 64.5 Å². The Morgan fingerprint density at radius 2 is 1.02 bits per heavy atom. The number of pyridine rings is 4. The van der Waals surface area contributed by atoms with Crippen molar-refractivity contribution in [2.24, 2.45) is 0 Å². The Labute approximate surface area is 250 Å². The molecule has 4 aromatic heterocycles. The second kappa shape index (κ2) is 12.0. The average molecular weight is 563 g/mol. The summed E-state index contributed by atoms with van der Waals surface area (Å²) < 4.78 is 0. The van der Waals surface area contributed by atoms with E-state index in [-0.39, 0.29) is 0 Å². The van der Waals surface area contributed by atoms with Gasteiger partial charge in [0.05, 0.1) is 46.5 Å². The van der Waals surface area contributed by atoms with Crippen LogP contribution in [0.4, 0.5) is 0 Å². The van der Waals surface area contributed by atoms with Crippen molar-refractivity contribution < 1.29 is 0 Å². The smallest absolute Gasteiger partial charge is 0.0897 e. The van der Waals surface area contributed by atoms with Crippen molar-refractivity contribution in [3.05, 3.63) is 83.2 Å². The highest BCUT2D eigenvalue weighted by Gasteiger charge is 2.26. The van der Waals surface area contributed by atoms with Crippen molar-refractivity contribution in [3.8, 4) is 34.2 Å². The first-order valence-corrected chi connectivity index (χ1v) is 15.0. The molecule has 2 atom stereocenters. The monoisotopic (exact) mass is 562 g/mol. The lowest BCUT2D eigenvalue weighted by Crippen LogP contribution is -2.33. The summed E-state index contributed by atoms with van der Waals surface area (Å²) in [5.74, 6) is 0. The molecule has 4 aromatic rings. The lowest BCUT2D eigenvalue weighted by atomic mass is 10.1. The molecule has 2 unspecified atom stereocenters. The number of hydrogen-bond acceptors (Lipinski definition) is 8. The van der Waals surface area contributed by atoms with E-state index in [2.05, 4.69) is 109 Å². The molecule has 42 heavy (non-hydrogen) atoms. The van der Waals surface area contributed by atoms with Crippen LogP contribution in [0.3, 0.4) is 0 Å². The molecule has 0 radical (unpaired) electrons. The quantitative estimate of drug-likeness (QED) is 0.309. The van der Waals surface area contributed by atoms with Crippen LogP contribution in [-0.4, -0.2) is 92.1 Å². The van der Waals surface area contributed by atoms with Crippen molar-refractivity contribution in [3.63, 3.8) is 0 Å². The van der Waals surface area contributed by atoms with Gasteiger partial charge >= 0.3 is 0 Å². The van der Waals surface area contributed by atoms with Crippen molar-refractivity contribution in [1.82, 2.24) is 39.5 Å². The number of aryl methyl sites for hydroxylation is 2. The molecule has 8 heteroatoms. The number of likely N-dealkylation sites (N-methyl/N-ethyl adjacent to an activating group) is 2. The van der Waals surface area contributed by atoms with Crippen molar-refractivity contribution in [1.29, 1.82) is 0 Å². The maximum Gasteiger partial charge on any atom is 0.0897 e. The van der Waals surface area contributed by atoms with E-state index in [0.29, 0.717) is 12.3 Å². The van der Waals surface area contributed by atoms with E-state index < -0.39 is 0 Å². The van der Waals surface area contributed by atoms with Crippen molar-refractivity contribution in [2.75, 3.05) is 40.3 Å². The first kappa shape index (κ1) is 28.6. The minimum Gasteiger partial charge on any atom is -0.290 e. The molecule has 2 aliphatic rings. The summed E-state index contributed by atoms with van der Waals surface area (Å²) in [5, 5.41) is 0. The van der Waals surface area contributed by atoms with E-state index in [1.54, 1.807) is 0 Å². The van der Waals surface area contributed by atoms with Crippen LogP contribution in [0.15, 0.2) is 60.9 Å². The minimum absolute atomic E-state index is 0.396. The minimum atomic E-state index is 0.396. The molecule has 2 aliphatic heterocycles. The number of aromatic nitrogens is 4. The van der Waals surface area contributed by atoms with Gasteiger partial charge in [-0.25, -0.2) is 9.97 Å². The molecular formula is C34H42N8. The van der Waals surface area contributed by atoms with E-state index >= 15 is 0 Å². The second-order valence-corrected chi connectivity index (χ2v) is 12.1. The summed E-state index contributed by atoms with van der Waals surface area (Å²) in [6.45, 7) is 14.8. The molecule has 8 nitrogen and oxygen atoms in total. The van der Waals surface area contributed by atoms with Gasteiger partial charge in [0.2, 0.25) is 0 Å². The number of nitrogens with zero attached hydrogens (tertiary/aromatic N) is 8. The fraction of sp³-hybridized carbons (Fsp3) is 0.412. The molecule has 0 bridgehead atoms. The van der Waals surface area contributed by atoms with Gasteiger partial charge in [0, 0.05) is 51.7 Å². The predicted octanol–water partition coefficient (Wildman–Crippen LogP) is 5.07. The highest BCUT2D eigenvalue weighted by atomic mass is 15.4. The molecule has 6 rings (SSSR count). The molecule has 0 aromatic carbocycles. The third kappa shape index (κ3) is 6.13. The van der Waals surface area contributed by atoms with Gasteiger partial charge in [0.25, 0.3) is 0 Å². The zero-order valence-corrected chi connectivity index (χ0v) is 25.7. The summed E-state index contributed by atoms with van der Waals surface area (Å²) in [7, 11) is 4.38. The second-order valence-electron chi connectivity index (χ2n) is 12.1. The standard InChI is InChI=1S/C34H42N8/c1-23-7-9-35-29(15-23)33-19-28(22-42-14-12-40(6)26(42)4)20-34(38-33)32-17-24(2)16-31(37-32)30-18-27(8-10-36-30)21-41-13-11-39(5)25(41)3/h7-10,15-20,25-26H,11-14,21-22H2,1-6H3. The van der Waals surface area contributed by atoms with E-state index in [9.17, 15) is 0 Å². The Morgan fingerprint density at radius 3 is 1.60 bits per heavy atom. The zero-order chi connectivity index (χ0) is 29.4. The van der Waals surface area contributed by atoms with Crippen LogP contribution in [-0.2, 0) is 13.1 Å². The number of hydrogen-bond donors (Lipinski definition) is 0. The summed E-state index contributed by atoms with van der Waals surface area (Å²) in [4.78, 5) is 29.5. The van der Waals surface area contributed by atoms with Crippen LogP contribution in [0.1, 0.15) is 36.1 Å². The van der Waals surface area contributed by atoms with Crippen LogP contribution >= 0.6 is 0 Å². The molecule has 218 valence electrons. The van der Waals surface area contributed by atoms with Gasteiger partial charge in [-0.15, -0.1) is 0 Å². The summed E-state index contributed by atoms with van der Waals surface area (Å²) in [5.41, 5.74) is 10.0. The van der Waals surface area contributed by atoms with Gasteiger partial charge in [0.1, 0.15) is 0 Å². The van der Waals surface area contributed by atoms with Gasteiger partial charge in [-0.05, 0) is 113 Å².